The number of sulfonamides is 1. The summed E-state index contributed by atoms with van der Waals surface area (Å²) in [6, 6.07) is 4.33. The molecule has 0 radical (unpaired) electrons. The molecule has 0 amide bonds. The Kier molecular flexibility index (Phi) is 4.10. The molecule has 1 saturated carbocycles. The predicted molar refractivity (Wildman–Crippen MR) is 99.5 cm³/mol. The Morgan fingerprint density at radius 2 is 1.92 bits per heavy atom. The predicted octanol–water partition coefficient (Wildman–Crippen LogP) is 3.75. The average molecular weight is 376 g/mol. The third-order valence-corrected chi connectivity index (χ3v) is 5.53. The van der Waals surface area contributed by atoms with Crippen LogP contribution in [0, 0.1) is 12.7 Å². The van der Waals surface area contributed by atoms with E-state index in [1.165, 1.54) is 18.6 Å². The van der Waals surface area contributed by atoms with E-state index in [0.717, 1.165) is 37.8 Å². The number of hydrogen-bond acceptors (Lipinski definition) is 4. The van der Waals surface area contributed by atoms with Gasteiger partial charge in [-0.1, -0.05) is 19.3 Å². The molecule has 1 N–H and O–H groups in total. The van der Waals surface area contributed by atoms with Crippen molar-refractivity contribution in [2.75, 3.05) is 11.0 Å². The highest BCUT2D eigenvalue weighted by atomic mass is 32.2. The van der Waals surface area contributed by atoms with Crippen molar-refractivity contribution in [1.82, 2.24) is 14.4 Å². The van der Waals surface area contributed by atoms with Crippen molar-refractivity contribution >= 4 is 32.4 Å². The van der Waals surface area contributed by atoms with Crippen molar-refractivity contribution in [3.63, 3.8) is 0 Å². The van der Waals surface area contributed by atoms with Crippen molar-refractivity contribution < 1.29 is 12.8 Å². The van der Waals surface area contributed by atoms with Gasteiger partial charge in [0.1, 0.15) is 17.2 Å². The Bertz CT molecular complexity index is 1100. The second kappa shape index (κ2) is 6.19. The first kappa shape index (κ1) is 17.2. The number of nitrogens with zero attached hydrogens (tertiary/aromatic N) is 3. The molecule has 0 bridgehead atoms. The maximum atomic E-state index is 13.9. The average Bonchev–Trinajstić information content (AvgIpc) is 2.93. The lowest BCUT2D eigenvalue weighted by atomic mass is 9.89. The van der Waals surface area contributed by atoms with Gasteiger partial charge in [-0.25, -0.2) is 22.8 Å². The normalized spacial score (nSPS) is 16.4. The topological polar surface area (TPSA) is 76.4 Å². The fourth-order valence-corrected chi connectivity index (χ4v) is 4.39. The number of hydrogen-bond donors (Lipinski definition) is 1. The number of nitrogens with one attached hydrogen (secondary N) is 1. The number of fused-ring (bicyclic) bond motifs is 3. The van der Waals surface area contributed by atoms with E-state index in [1.54, 1.807) is 6.07 Å². The van der Waals surface area contributed by atoms with E-state index in [-0.39, 0.29) is 17.6 Å². The molecule has 0 aliphatic heterocycles. The zero-order valence-corrected chi connectivity index (χ0v) is 15.6. The first-order valence-corrected chi connectivity index (χ1v) is 10.7. The number of rotatable bonds is 3. The van der Waals surface area contributed by atoms with E-state index < -0.39 is 10.0 Å². The van der Waals surface area contributed by atoms with Gasteiger partial charge in [0.25, 0.3) is 0 Å². The summed E-state index contributed by atoms with van der Waals surface area (Å²) in [7, 11) is -3.51. The zero-order valence-electron chi connectivity index (χ0n) is 14.8. The molecular weight excluding hydrogens is 355 g/mol. The first-order valence-electron chi connectivity index (χ1n) is 8.79. The highest BCUT2D eigenvalue weighted by Gasteiger charge is 2.25. The summed E-state index contributed by atoms with van der Waals surface area (Å²) < 4.78 is 42.0. The van der Waals surface area contributed by atoms with E-state index in [2.05, 4.69) is 9.71 Å². The Labute approximate surface area is 151 Å². The van der Waals surface area contributed by atoms with Crippen LogP contribution in [-0.2, 0) is 10.0 Å². The SMILES string of the molecule is Cc1nc(C2CCCCC2)n2c1c(NS(C)(=O)=O)nc1ccc(F)cc12. The number of aromatic nitrogens is 3. The maximum Gasteiger partial charge on any atom is 0.231 e. The van der Waals surface area contributed by atoms with Crippen LogP contribution < -0.4 is 4.72 Å². The van der Waals surface area contributed by atoms with Crippen LogP contribution in [0.1, 0.15) is 49.5 Å². The zero-order chi connectivity index (χ0) is 18.5. The van der Waals surface area contributed by atoms with E-state index in [4.69, 9.17) is 4.98 Å². The monoisotopic (exact) mass is 376 g/mol. The Balaban J connectivity index is 2.07. The molecule has 1 aliphatic rings. The van der Waals surface area contributed by atoms with E-state index in [1.807, 2.05) is 11.3 Å². The van der Waals surface area contributed by atoms with E-state index in [0.29, 0.717) is 22.2 Å². The summed E-state index contributed by atoms with van der Waals surface area (Å²) in [6.45, 7) is 1.84. The number of aryl methyl sites for hydroxylation is 1. The summed E-state index contributed by atoms with van der Waals surface area (Å²) >= 11 is 0. The Morgan fingerprint density at radius 3 is 2.62 bits per heavy atom. The van der Waals surface area contributed by atoms with Crippen LogP contribution in [0.15, 0.2) is 18.2 Å². The van der Waals surface area contributed by atoms with Gasteiger partial charge in [0.05, 0.1) is 23.0 Å². The van der Waals surface area contributed by atoms with E-state index >= 15 is 0 Å². The molecule has 3 aromatic rings. The molecule has 0 spiro atoms. The molecule has 0 atom stereocenters. The quantitative estimate of drug-likeness (QED) is 0.755. The molecule has 0 saturated heterocycles. The Morgan fingerprint density at radius 1 is 1.19 bits per heavy atom. The van der Waals surface area contributed by atoms with Gasteiger partial charge in [-0.15, -0.1) is 0 Å². The molecule has 0 unspecified atom stereocenters. The molecule has 4 rings (SSSR count). The second-order valence-corrected chi connectivity index (χ2v) is 8.79. The van der Waals surface area contributed by atoms with Crippen LogP contribution in [0.4, 0.5) is 10.2 Å². The van der Waals surface area contributed by atoms with Gasteiger partial charge >= 0.3 is 0 Å². The smallest absolute Gasteiger partial charge is 0.231 e. The lowest BCUT2D eigenvalue weighted by Gasteiger charge is -2.21. The van der Waals surface area contributed by atoms with Gasteiger partial charge in [-0.3, -0.25) is 9.12 Å². The van der Waals surface area contributed by atoms with Crippen LogP contribution in [-0.4, -0.2) is 29.0 Å². The van der Waals surface area contributed by atoms with Gasteiger partial charge in [0.15, 0.2) is 5.82 Å². The molecule has 1 fully saturated rings. The molecular formula is C18H21FN4O2S. The standard InChI is InChI=1S/C18H21FN4O2S/c1-11-16-17(22-26(2,24)25)21-14-9-8-13(19)10-15(14)23(16)18(20-11)12-6-4-3-5-7-12/h8-10,12H,3-7H2,1-2H3,(H,21,22). The molecule has 2 heterocycles. The first-order chi connectivity index (χ1) is 12.3. The van der Waals surface area contributed by atoms with E-state index in [9.17, 15) is 12.8 Å². The minimum absolute atomic E-state index is 0.235. The molecule has 1 aromatic carbocycles. The van der Waals surface area contributed by atoms with Gasteiger partial charge in [0, 0.05) is 12.0 Å². The van der Waals surface area contributed by atoms with Crippen LogP contribution in [0.3, 0.4) is 0 Å². The fourth-order valence-electron chi connectivity index (χ4n) is 3.90. The van der Waals surface area contributed by atoms with Crippen molar-refractivity contribution in [3.8, 4) is 0 Å². The van der Waals surface area contributed by atoms with Gasteiger partial charge in [0.2, 0.25) is 10.0 Å². The van der Waals surface area contributed by atoms with Crippen LogP contribution in [0.2, 0.25) is 0 Å². The highest BCUT2D eigenvalue weighted by Crippen LogP contribution is 2.36. The number of imidazole rings is 1. The van der Waals surface area contributed by atoms with Gasteiger partial charge in [-0.05, 0) is 31.9 Å². The number of anilines is 1. The minimum Gasteiger partial charge on any atom is -0.291 e. The lowest BCUT2D eigenvalue weighted by molar-refractivity contribution is 0.428. The van der Waals surface area contributed by atoms with Crippen molar-refractivity contribution in [3.05, 3.63) is 35.5 Å². The van der Waals surface area contributed by atoms with Crippen LogP contribution in [0.25, 0.3) is 16.6 Å². The number of halogens is 1. The third-order valence-electron chi connectivity index (χ3n) is 4.96. The largest absolute Gasteiger partial charge is 0.291 e. The summed E-state index contributed by atoms with van der Waals surface area (Å²) in [5.74, 6) is 1.03. The van der Waals surface area contributed by atoms with Gasteiger partial charge < -0.3 is 0 Å². The van der Waals surface area contributed by atoms with Crippen molar-refractivity contribution in [1.29, 1.82) is 0 Å². The van der Waals surface area contributed by atoms with Crippen LogP contribution >= 0.6 is 0 Å². The molecule has 2 aromatic heterocycles. The molecule has 8 heteroatoms. The van der Waals surface area contributed by atoms with Crippen LogP contribution in [0.5, 0.6) is 0 Å². The third kappa shape index (κ3) is 3.02. The summed E-state index contributed by atoms with van der Waals surface area (Å²) in [5.41, 5.74) is 2.42. The minimum atomic E-state index is -3.51. The molecule has 26 heavy (non-hydrogen) atoms. The van der Waals surface area contributed by atoms with Crippen molar-refractivity contribution in [2.45, 2.75) is 44.9 Å². The molecule has 6 nitrogen and oxygen atoms in total. The highest BCUT2D eigenvalue weighted by molar-refractivity contribution is 7.92. The lowest BCUT2D eigenvalue weighted by Crippen LogP contribution is -2.14. The molecule has 138 valence electrons. The summed E-state index contributed by atoms with van der Waals surface area (Å²) in [4.78, 5) is 9.18. The fraction of sp³-hybridized carbons (Fsp3) is 0.444. The van der Waals surface area contributed by atoms with Gasteiger partial charge in [-0.2, -0.15) is 0 Å². The molecule has 1 aliphatic carbocycles. The van der Waals surface area contributed by atoms with Crippen molar-refractivity contribution in [2.24, 2.45) is 0 Å². The summed E-state index contributed by atoms with van der Waals surface area (Å²) in [6.07, 6.45) is 6.67. The Hall–Kier alpha value is -2.22. The second-order valence-electron chi connectivity index (χ2n) is 7.04. The summed E-state index contributed by atoms with van der Waals surface area (Å²) in [5, 5.41) is 0. The maximum absolute atomic E-state index is 13.9. The number of benzene rings is 1.